The van der Waals surface area contributed by atoms with Crippen LogP contribution in [0.3, 0.4) is 0 Å². The van der Waals surface area contributed by atoms with E-state index in [0.717, 1.165) is 35.4 Å². The summed E-state index contributed by atoms with van der Waals surface area (Å²) in [6.45, 7) is 1.95. The summed E-state index contributed by atoms with van der Waals surface area (Å²) < 4.78 is 6.05. The molecule has 21 heavy (non-hydrogen) atoms. The van der Waals surface area contributed by atoms with Crippen molar-refractivity contribution in [2.75, 3.05) is 20.2 Å². The van der Waals surface area contributed by atoms with Gasteiger partial charge in [0.1, 0.15) is 5.75 Å². The molecule has 1 saturated heterocycles. The molecule has 1 aromatic heterocycles. The molecule has 1 unspecified atom stereocenters. The zero-order chi connectivity index (χ0) is 14.7. The molecule has 1 aliphatic rings. The fourth-order valence-corrected chi connectivity index (χ4v) is 3.17. The second kappa shape index (κ2) is 6.63. The van der Waals surface area contributed by atoms with Crippen LogP contribution in [0.4, 0.5) is 0 Å². The minimum absolute atomic E-state index is 0.409. The van der Waals surface area contributed by atoms with E-state index in [4.69, 9.17) is 16.3 Å². The molecular formula is C17H21ClN2O. The Bertz CT molecular complexity index is 617. The Hall–Kier alpha value is -1.32. The lowest BCUT2D eigenvalue weighted by Gasteiger charge is -2.19. The van der Waals surface area contributed by atoms with Gasteiger partial charge < -0.3 is 9.64 Å². The number of halogens is 1. The van der Waals surface area contributed by atoms with E-state index in [-0.39, 0.29) is 0 Å². The first-order chi connectivity index (χ1) is 10.3. The van der Waals surface area contributed by atoms with Gasteiger partial charge in [-0.2, -0.15) is 0 Å². The maximum atomic E-state index is 6.05. The van der Waals surface area contributed by atoms with E-state index in [1.54, 1.807) is 0 Å². The molecule has 0 aliphatic carbocycles. The van der Waals surface area contributed by atoms with Crippen molar-refractivity contribution in [1.82, 2.24) is 9.88 Å². The van der Waals surface area contributed by atoms with Gasteiger partial charge in [0.25, 0.3) is 0 Å². The fourth-order valence-electron chi connectivity index (χ4n) is 3.03. The Kier molecular flexibility index (Phi) is 4.61. The Morgan fingerprint density at radius 2 is 2.24 bits per heavy atom. The summed E-state index contributed by atoms with van der Waals surface area (Å²) in [6.07, 6.45) is 3.66. The van der Waals surface area contributed by atoms with Gasteiger partial charge >= 0.3 is 0 Å². The van der Waals surface area contributed by atoms with E-state index in [0.29, 0.717) is 11.9 Å². The highest BCUT2D eigenvalue weighted by Gasteiger charge is 2.20. The quantitative estimate of drug-likeness (QED) is 0.785. The van der Waals surface area contributed by atoms with E-state index in [1.807, 2.05) is 24.3 Å². The lowest BCUT2D eigenvalue weighted by molar-refractivity contribution is 0.234. The lowest BCUT2D eigenvalue weighted by Crippen LogP contribution is -2.26. The van der Waals surface area contributed by atoms with Gasteiger partial charge in [0.15, 0.2) is 0 Å². The smallest absolute Gasteiger partial charge is 0.130 e. The Morgan fingerprint density at radius 3 is 3.00 bits per heavy atom. The SMILES string of the molecule is CN1CCCC1CCOc1cc(CCl)nc2ccccc12. The summed E-state index contributed by atoms with van der Waals surface area (Å²) in [6, 6.07) is 10.7. The second-order valence-corrected chi connectivity index (χ2v) is 5.94. The fraction of sp³-hybridized carbons (Fsp3) is 0.471. The highest BCUT2D eigenvalue weighted by Crippen LogP contribution is 2.27. The zero-order valence-corrected chi connectivity index (χ0v) is 13.1. The topological polar surface area (TPSA) is 25.4 Å². The monoisotopic (exact) mass is 304 g/mol. The Balaban J connectivity index is 1.73. The lowest BCUT2D eigenvalue weighted by atomic mass is 10.1. The van der Waals surface area contributed by atoms with E-state index in [9.17, 15) is 0 Å². The third-order valence-electron chi connectivity index (χ3n) is 4.25. The average Bonchev–Trinajstić information content (AvgIpc) is 2.92. The van der Waals surface area contributed by atoms with Crippen LogP contribution in [0.1, 0.15) is 25.0 Å². The maximum Gasteiger partial charge on any atom is 0.130 e. The predicted molar refractivity (Wildman–Crippen MR) is 87.1 cm³/mol. The number of nitrogens with zero attached hydrogens (tertiary/aromatic N) is 2. The van der Waals surface area contributed by atoms with E-state index in [2.05, 4.69) is 23.0 Å². The largest absolute Gasteiger partial charge is 0.493 e. The van der Waals surface area contributed by atoms with Gasteiger partial charge in [-0.25, -0.2) is 0 Å². The summed E-state index contributed by atoms with van der Waals surface area (Å²) >= 11 is 5.93. The number of benzene rings is 1. The van der Waals surface area contributed by atoms with Crippen molar-refractivity contribution in [1.29, 1.82) is 0 Å². The molecule has 1 fully saturated rings. The van der Waals surface area contributed by atoms with Gasteiger partial charge in [-0.05, 0) is 45.0 Å². The Labute approximate surface area is 130 Å². The van der Waals surface area contributed by atoms with Crippen LogP contribution >= 0.6 is 11.6 Å². The van der Waals surface area contributed by atoms with Crippen molar-refractivity contribution in [2.24, 2.45) is 0 Å². The van der Waals surface area contributed by atoms with Crippen molar-refractivity contribution < 1.29 is 4.74 Å². The van der Waals surface area contributed by atoms with Crippen molar-refractivity contribution in [3.05, 3.63) is 36.0 Å². The van der Waals surface area contributed by atoms with Crippen LogP contribution in [0.15, 0.2) is 30.3 Å². The van der Waals surface area contributed by atoms with E-state index < -0.39 is 0 Å². The molecule has 1 aromatic carbocycles. The molecule has 4 heteroatoms. The standard InChI is InChI=1S/C17H21ClN2O/c1-20-9-4-5-14(20)8-10-21-17-11-13(12-18)19-16-7-3-2-6-15(16)17/h2-3,6-7,11,14H,4-5,8-10,12H2,1H3. The number of hydrogen-bond acceptors (Lipinski definition) is 3. The van der Waals surface area contributed by atoms with Crippen LogP contribution in [-0.2, 0) is 5.88 Å². The Morgan fingerprint density at radius 1 is 1.38 bits per heavy atom. The van der Waals surface area contributed by atoms with Crippen molar-refractivity contribution >= 4 is 22.5 Å². The summed E-state index contributed by atoms with van der Waals surface area (Å²) in [5, 5.41) is 1.06. The van der Waals surface area contributed by atoms with E-state index in [1.165, 1.54) is 19.4 Å². The number of para-hydroxylation sites is 1. The van der Waals surface area contributed by atoms with Gasteiger partial charge in [-0.15, -0.1) is 11.6 Å². The molecule has 3 rings (SSSR count). The number of aromatic nitrogens is 1. The molecule has 1 aliphatic heterocycles. The van der Waals surface area contributed by atoms with Gasteiger partial charge in [0, 0.05) is 17.5 Å². The second-order valence-electron chi connectivity index (χ2n) is 5.68. The summed E-state index contributed by atoms with van der Waals surface area (Å²) in [5.41, 5.74) is 1.81. The van der Waals surface area contributed by atoms with Crippen LogP contribution in [0.5, 0.6) is 5.75 Å². The van der Waals surface area contributed by atoms with Crippen LogP contribution < -0.4 is 4.74 Å². The van der Waals surface area contributed by atoms with Crippen molar-refractivity contribution in [3.8, 4) is 5.75 Å². The van der Waals surface area contributed by atoms with Gasteiger partial charge in [0.2, 0.25) is 0 Å². The molecule has 1 atom stereocenters. The summed E-state index contributed by atoms with van der Waals surface area (Å²) in [5.74, 6) is 1.31. The summed E-state index contributed by atoms with van der Waals surface area (Å²) in [7, 11) is 2.20. The first kappa shape index (κ1) is 14.6. The van der Waals surface area contributed by atoms with Gasteiger partial charge in [0.05, 0.1) is 23.7 Å². The molecule has 0 saturated carbocycles. The van der Waals surface area contributed by atoms with Crippen LogP contribution in [-0.4, -0.2) is 36.1 Å². The number of ether oxygens (including phenoxy) is 1. The van der Waals surface area contributed by atoms with Crippen molar-refractivity contribution in [2.45, 2.75) is 31.2 Å². The normalized spacial score (nSPS) is 19.2. The number of likely N-dealkylation sites (tertiary alicyclic amines) is 1. The highest BCUT2D eigenvalue weighted by atomic mass is 35.5. The zero-order valence-electron chi connectivity index (χ0n) is 12.4. The number of fused-ring (bicyclic) bond motifs is 1. The van der Waals surface area contributed by atoms with Gasteiger partial charge in [-0.1, -0.05) is 12.1 Å². The molecule has 0 spiro atoms. The molecule has 0 bridgehead atoms. The molecular weight excluding hydrogens is 284 g/mol. The molecule has 2 heterocycles. The molecule has 0 amide bonds. The average molecular weight is 305 g/mol. The number of hydrogen-bond donors (Lipinski definition) is 0. The number of rotatable bonds is 5. The van der Waals surface area contributed by atoms with Crippen LogP contribution in [0.25, 0.3) is 10.9 Å². The van der Waals surface area contributed by atoms with E-state index >= 15 is 0 Å². The first-order valence-electron chi connectivity index (χ1n) is 7.55. The highest BCUT2D eigenvalue weighted by molar-refractivity contribution is 6.17. The van der Waals surface area contributed by atoms with Crippen molar-refractivity contribution in [3.63, 3.8) is 0 Å². The number of pyridine rings is 1. The molecule has 0 radical (unpaired) electrons. The molecule has 3 nitrogen and oxygen atoms in total. The third kappa shape index (κ3) is 3.30. The minimum Gasteiger partial charge on any atom is -0.493 e. The first-order valence-corrected chi connectivity index (χ1v) is 8.09. The van der Waals surface area contributed by atoms with Crippen LogP contribution in [0, 0.1) is 0 Å². The molecule has 112 valence electrons. The number of alkyl halides is 1. The summed E-state index contributed by atoms with van der Waals surface area (Å²) in [4.78, 5) is 6.96. The predicted octanol–water partition coefficient (Wildman–Crippen LogP) is 3.84. The third-order valence-corrected chi connectivity index (χ3v) is 4.52. The maximum absolute atomic E-state index is 6.05. The van der Waals surface area contributed by atoms with Gasteiger partial charge in [-0.3, -0.25) is 4.98 Å². The van der Waals surface area contributed by atoms with Crippen LogP contribution in [0.2, 0.25) is 0 Å². The molecule has 0 N–H and O–H groups in total. The molecule has 2 aromatic rings. The minimum atomic E-state index is 0.409.